The number of nitrogens with zero attached hydrogens (tertiary/aromatic N) is 1. The molecule has 0 aliphatic carbocycles. The predicted octanol–water partition coefficient (Wildman–Crippen LogP) is 1.77. The van der Waals surface area contributed by atoms with Crippen molar-refractivity contribution in [1.29, 1.82) is 0 Å². The molecular weight excluding hydrogens is 270 g/mol. The normalized spacial score (nSPS) is 24.7. The van der Waals surface area contributed by atoms with Crippen LogP contribution in [0, 0.1) is 0 Å². The third kappa shape index (κ3) is 2.78. The Morgan fingerprint density at radius 3 is 2.86 bits per heavy atom. The fourth-order valence-electron chi connectivity index (χ4n) is 3.22. The van der Waals surface area contributed by atoms with E-state index >= 15 is 0 Å². The molecule has 0 aromatic heterocycles. The van der Waals surface area contributed by atoms with Crippen LogP contribution in [0.25, 0.3) is 0 Å². The first-order valence-corrected chi connectivity index (χ1v) is 7.38. The molecule has 1 aromatic carbocycles. The van der Waals surface area contributed by atoms with Crippen molar-refractivity contribution in [3.8, 4) is 0 Å². The van der Waals surface area contributed by atoms with Crippen LogP contribution in [-0.4, -0.2) is 41.1 Å². The van der Waals surface area contributed by atoms with Crippen LogP contribution < -0.4 is 0 Å². The first-order chi connectivity index (χ1) is 10.2. The quantitative estimate of drug-likeness (QED) is 0.921. The van der Waals surface area contributed by atoms with Gasteiger partial charge in [-0.15, -0.1) is 0 Å². The van der Waals surface area contributed by atoms with E-state index in [4.69, 9.17) is 4.74 Å². The van der Waals surface area contributed by atoms with Crippen LogP contribution >= 0.6 is 0 Å². The highest BCUT2D eigenvalue weighted by molar-refractivity contribution is 5.85. The van der Waals surface area contributed by atoms with Gasteiger partial charge in [-0.2, -0.15) is 0 Å². The Balaban J connectivity index is 1.81. The average molecular weight is 289 g/mol. The zero-order valence-electron chi connectivity index (χ0n) is 11.8. The van der Waals surface area contributed by atoms with E-state index < -0.39 is 12.0 Å². The summed E-state index contributed by atoms with van der Waals surface area (Å²) in [5, 5.41) is 9.54. The van der Waals surface area contributed by atoms with Gasteiger partial charge in [0.05, 0.1) is 12.5 Å². The lowest BCUT2D eigenvalue weighted by molar-refractivity contribution is -0.152. The number of hydrogen-bond donors (Lipinski definition) is 1. The van der Waals surface area contributed by atoms with E-state index in [9.17, 15) is 14.7 Å². The summed E-state index contributed by atoms with van der Waals surface area (Å²) >= 11 is 0. The molecule has 1 amide bonds. The molecule has 5 heteroatoms. The number of amides is 1. The van der Waals surface area contributed by atoms with Gasteiger partial charge in [0.25, 0.3) is 0 Å². The fraction of sp³-hybridized carbons (Fsp3) is 0.500. The molecule has 0 spiro atoms. The summed E-state index contributed by atoms with van der Waals surface area (Å²) < 4.78 is 5.48. The number of fused-ring (bicyclic) bond motifs is 1. The van der Waals surface area contributed by atoms with Crippen LogP contribution in [0.15, 0.2) is 24.3 Å². The van der Waals surface area contributed by atoms with E-state index in [1.165, 1.54) is 4.90 Å². The second-order valence-electron chi connectivity index (χ2n) is 5.62. The van der Waals surface area contributed by atoms with E-state index in [2.05, 4.69) is 0 Å². The van der Waals surface area contributed by atoms with Crippen molar-refractivity contribution >= 4 is 11.9 Å². The zero-order chi connectivity index (χ0) is 14.8. The minimum absolute atomic E-state index is 0.0517. The van der Waals surface area contributed by atoms with Gasteiger partial charge in [-0.25, -0.2) is 4.79 Å². The molecule has 21 heavy (non-hydrogen) atoms. The van der Waals surface area contributed by atoms with E-state index in [0.29, 0.717) is 19.6 Å². The maximum Gasteiger partial charge on any atom is 0.331 e. The Kier molecular flexibility index (Phi) is 3.92. The molecule has 3 rings (SSSR count). The monoisotopic (exact) mass is 289 g/mol. The molecule has 1 aromatic rings. The van der Waals surface area contributed by atoms with Gasteiger partial charge in [0.2, 0.25) is 5.91 Å². The predicted molar refractivity (Wildman–Crippen MR) is 75.8 cm³/mol. The van der Waals surface area contributed by atoms with Gasteiger partial charge < -0.3 is 14.7 Å². The van der Waals surface area contributed by atoms with Gasteiger partial charge in [0.15, 0.2) is 6.04 Å². The molecule has 1 saturated heterocycles. The molecule has 0 saturated carbocycles. The highest BCUT2D eigenvalue weighted by Crippen LogP contribution is 2.31. The number of carbonyl (C=O) groups is 2. The van der Waals surface area contributed by atoms with E-state index in [1.54, 1.807) is 6.07 Å². The summed E-state index contributed by atoms with van der Waals surface area (Å²) in [6.07, 6.45) is 2.80. The molecule has 2 aliphatic rings. The second-order valence-corrected chi connectivity index (χ2v) is 5.62. The Morgan fingerprint density at radius 1 is 1.33 bits per heavy atom. The topological polar surface area (TPSA) is 66.8 Å². The van der Waals surface area contributed by atoms with Gasteiger partial charge in [-0.05, 0) is 30.4 Å². The Bertz CT molecular complexity index is 551. The fourth-order valence-corrected chi connectivity index (χ4v) is 3.22. The number of rotatable bonds is 3. The lowest BCUT2D eigenvalue weighted by atomic mass is 9.92. The van der Waals surface area contributed by atoms with Gasteiger partial charge in [0.1, 0.15) is 0 Å². The number of carbonyl (C=O) groups excluding carboxylic acids is 1. The van der Waals surface area contributed by atoms with Crippen LogP contribution in [0.5, 0.6) is 0 Å². The Hall–Kier alpha value is -1.88. The minimum Gasteiger partial charge on any atom is -0.479 e. The number of ether oxygens (including phenoxy) is 1. The molecule has 5 nitrogen and oxygen atoms in total. The van der Waals surface area contributed by atoms with Crippen molar-refractivity contribution in [1.82, 2.24) is 4.90 Å². The highest BCUT2D eigenvalue weighted by atomic mass is 16.5. The molecule has 2 aliphatic heterocycles. The van der Waals surface area contributed by atoms with Crippen LogP contribution in [0.3, 0.4) is 0 Å². The van der Waals surface area contributed by atoms with Gasteiger partial charge in [-0.3, -0.25) is 4.79 Å². The van der Waals surface area contributed by atoms with E-state index in [-0.39, 0.29) is 18.4 Å². The standard InChI is InChI=1S/C16H19NO4/c18-14(10-12-5-3-9-21-12)17-8-7-11-4-1-2-6-13(11)15(17)16(19)20/h1-2,4,6,12,15H,3,5,7-10H2,(H,19,20). The van der Waals surface area contributed by atoms with Crippen LogP contribution in [-0.2, 0) is 20.7 Å². The molecular formula is C16H19NO4. The first-order valence-electron chi connectivity index (χ1n) is 7.38. The Morgan fingerprint density at radius 2 is 2.14 bits per heavy atom. The van der Waals surface area contributed by atoms with Crippen molar-refractivity contribution in [3.63, 3.8) is 0 Å². The first kappa shape index (κ1) is 14.1. The molecule has 2 heterocycles. The van der Waals surface area contributed by atoms with Crippen molar-refractivity contribution in [2.75, 3.05) is 13.2 Å². The summed E-state index contributed by atoms with van der Waals surface area (Å²) in [6.45, 7) is 1.16. The van der Waals surface area contributed by atoms with Crippen LogP contribution in [0.4, 0.5) is 0 Å². The SMILES string of the molecule is O=C(O)C1c2ccccc2CCN1C(=O)CC1CCCO1. The maximum absolute atomic E-state index is 12.5. The number of carboxylic acids is 1. The molecule has 2 atom stereocenters. The van der Waals surface area contributed by atoms with Crippen LogP contribution in [0.2, 0.25) is 0 Å². The number of carboxylic acid groups (broad SMARTS) is 1. The van der Waals surface area contributed by atoms with E-state index in [1.807, 2.05) is 18.2 Å². The van der Waals surface area contributed by atoms with Crippen molar-refractivity contribution in [3.05, 3.63) is 35.4 Å². The number of hydrogen-bond acceptors (Lipinski definition) is 3. The summed E-state index contributed by atoms with van der Waals surface area (Å²) in [6, 6.07) is 6.60. The molecule has 0 bridgehead atoms. The zero-order valence-corrected chi connectivity index (χ0v) is 11.8. The van der Waals surface area contributed by atoms with Crippen molar-refractivity contribution in [2.45, 2.75) is 37.8 Å². The second kappa shape index (κ2) is 5.85. The molecule has 112 valence electrons. The molecule has 1 fully saturated rings. The third-order valence-electron chi connectivity index (χ3n) is 4.26. The van der Waals surface area contributed by atoms with Crippen LogP contribution in [0.1, 0.15) is 36.4 Å². The van der Waals surface area contributed by atoms with Gasteiger partial charge in [0, 0.05) is 13.2 Å². The summed E-state index contributed by atoms with van der Waals surface area (Å²) in [5.41, 5.74) is 1.75. The lowest BCUT2D eigenvalue weighted by Crippen LogP contribution is -2.44. The maximum atomic E-state index is 12.5. The number of benzene rings is 1. The van der Waals surface area contributed by atoms with E-state index in [0.717, 1.165) is 24.0 Å². The van der Waals surface area contributed by atoms with Crippen molar-refractivity contribution in [2.24, 2.45) is 0 Å². The lowest BCUT2D eigenvalue weighted by Gasteiger charge is -2.35. The summed E-state index contributed by atoms with van der Waals surface area (Å²) in [5.74, 6) is -1.09. The van der Waals surface area contributed by atoms with Gasteiger partial charge in [-0.1, -0.05) is 24.3 Å². The summed E-state index contributed by atoms with van der Waals surface area (Å²) in [4.78, 5) is 25.6. The minimum atomic E-state index is -0.970. The number of aliphatic carboxylic acids is 1. The largest absolute Gasteiger partial charge is 0.479 e. The third-order valence-corrected chi connectivity index (χ3v) is 4.26. The average Bonchev–Trinajstić information content (AvgIpc) is 2.98. The summed E-state index contributed by atoms with van der Waals surface area (Å²) in [7, 11) is 0. The highest BCUT2D eigenvalue weighted by Gasteiger charge is 2.36. The van der Waals surface area contributed by atoms with Crippen molar-refractivity contribution < 1.29 is 19.4 Å². The smallest absolute Gasteiger partial charge is 0.331 e. The van der Waals surface area contributed by atoms with Gasteiger partial charge >= 0.3 is 5.97 Å². The Labute approximate surface area is 123 Å². The molecule has 1 N–H and O–H groups in total. The molecule has 0 radical (unpaired) electrons. The molecule has 2 unspecified atom stereocenters.